The fourth-order valence-electron chi connectivity index (χ4n) is 3.19. The molecule has 0 saturated heterocycles. The third-order valence-electron chi connectivity index (χ3n) is 4.65. The van der Waals surface area contributed by atoms with E-state index in [1.807, 2.05) is 16.8 Å². The van der Waals surface area contributed by atoms with Crippen molar-refractivity contribution in [3.05, 3.63) is 23.9 Å². The first kappa shape index (κ1) is 13.4. The van der Waals surface area contributed by atoms with E-state index in [1.165, 1.54) is 32.1 Å². The lowest BCUT2D eigenvalue weighted by Gasteiger charge is -2.27. The molecule has 2 aromatic rings. The van der Waals surface area contributed by atoms with E-state index in [9.17, 15) is 0 Å². The summed E-state index contributed by atoms with van der Waals surface area (Å²) in [4.78, 5) is 4.57. The van der Waals surface area contributed by atoms with Crippen molar-refractivity contribution in [2.45, 2.75) is 46.0 Å². The minimum absolute atomic E-state index is 0.761. The number of aromatic nitrogens is 3. The van der Waals surface area contributed by atoms with Gasteiger partial charge in [0, 0.05) is 12.7 Å². The number of nitrogens with one attached hydrogen (secondary N) is 1. The first-order chi connectivity index (χ1) is 9.76. The predicted molar refractivity (Wildman–Crippen MR) is 82.0 cm³/mol. The highest BCUT2D eigenvalue weighted by atomic mass is 15.3. The first-order valence-corrected chi connectivity index (χ1v) is 7.82. The van der Waals surface area contributed by atoms with Gasteiger partial charge in [-0.3, -0.25) is 0 Å². The SMILES string of the molecule is CCC1CCC(CNc2nc3c(C)cccn3n2)CC1. The summed E-state index contributed by atoms with van der Waals surface area (Å²) >= 11 is 0. The van der Waals surface area contributed by atoms with Crippen molar-refractivity contribution in [3.63, 3.8) is 0 Å². The van der Waals surface area contributed by atoms with Crippen LogP contribution in [0.3, 0.4) is 0 Å². The maximum absolute atomic E-state index is 4.57. The normalized spacial score (nSPS) is 23.1. The van der Waals surface area contributed by atoms with Gasteiger partial charge < -0.3 is 5.32 Å². The Morgan fingerprint density at radius 1 is 1.25 bits per heavy atom. The molecule has 1 saturated carbocycles. The Bertz CT molecular complexity index is 567. The van der Waals surface area contributed by atoms with Crippen molar-refractivity contribution < 1.29 is 0 Å². The summed E-state index contributed by atoms with van der Waals surface area (Å²) < 4.78 is 1.85. The topological polar surface area (TPSA) is 42.2 Å². The van der Waals surface area contributed by atoms with Gasteiger partial charge in [-0.05, 0) is 43.2 Å². The lowest BCUT2D eigenvalue weighted by atomic mass is 9.81. The molecular formula is C16H24N4. The molecular weight excluding hydrogens is 248 g/mol. The molecule has 0 unspecified atom stereocenters. The van der Waals surface area contributed by atoms with Gasteiger partial charge in [0.2, 0.25) is 5.95 Å². The predicted octanol–water partition coefficient (Wildman–Crippen LogP) is 3.67. The lowest BCUT2D eigenvalue weighted by Crippen LogP contribution is -2.21. The van der Waals surface area contributed by atoms with Crippen LogP contribution >= 0.6 is 0 Å². The molecule has 0 atom stereocenters. The second-order valence-corrected chi connectivity index (χ2v) is 6.07. The van der Waals surface area contributed by atoms with Crippen LogP contribution in [0, 0.1) is 18.8 Å². The van der Waals surface area contributed by atoms with Gasteiger partial charge in [0.05, 0.1) is 0 Å². The monoisotopic (exact) mass is 272 g/mol. The smallest absolute Gasteiger partial charge is 0.243 e. The van der Waals surface area contributed by atoms with Crippen LogP contribution in [-0.4, -0.2) is 21.1 Å². The Labute approximate surface area is 120 Å². The number of hydrogen-bond donors (Lipinski definition) is 1. The van der Waals surface area contributed by atoms with Gasteiger partial charge in [-0.15, -0.1) is 5.10 Å². The quantitative estimate of drug-likeness (QED) is 0.923. The van der Waals surface area contributed by atoms with E-state index in [-0.39, 0.29) is 0 Å². The van der Waals surface area contributed by atoms with Crippen LogP contribution in [0.25, 0.3) is 5.65 Å². The molecule has 4 nitrogen and oxygen atoms in total. The van der Waals surface area contributed by atoms with Crippen molar-refractivity contribution in [1.29, 1.82) is 0 Å². The molecule has 1 aliphatic rings. The molecule has 1 aliphatic carbocycles. The summed E-state index contributed by atoms with van der Waals surface area (Å²) in [5, 5.41) is 7.90. The summed E-state index contributed by atoms with van der Waals surface area (Å²) in [7, 11) is 0. The zero-order valence-electron chi connectivity index (χ0n) is 12.5. The third-order valence-corrected chi connectivity index (χ3v) is 4.65. The molecule has 3 rings (SSSR count). The van der Waals surface area contributed by atoms with Crippen LogP contribution in [-0.2, 0) is 0 Å². The first-order valence-electron chi connectivity index (χ1n) is 7.82. The highest BCUT2D eigenvalue weighted by molar-refractivity contribution is 5.49. The van der Waals surface area contributed by atoms with E-state index < -0.39 is 0 Å². The van der Waals surface area contributed by atoms with Crippen LogP contribution in [0.1, 0.15) is 44.6 Å². The molecule has 0 radical (unpaired) electrons. The maximum atomic E-state index is 4.57. The van der Waals surface area contributed by atoms with Crippen LogP contribution in [0.4, 0.5) is 5.95 Å². The molecule has 20 heavy (non-hydrogen) atoms. The lowest BCUT2D eigenvalue weighted by molar-refractivity contribution is 0.278. The van der Waals surface area contributed by atoms with Crippen molar-refractivity contribution in [1.82, 2.24) is 14.6 Å². The Morgan fingerprint density at radius 3 is 2.70 bits per heavy atom. The number of hydrogen-bond acceptors (Lipinski definition) is 3. The molecule has 0 spiro atoms. The third kappa shape index (κ3) is 2.79. The molecule has 1 N–H and O–H groups in total. The molecule has 108 valence electrons. The maximum Gasteiger partial charge on any atom is 0.243 e. The minimum Gasteiger partial charge on any atom is -0.353 e. The molecule has 0 amide bonds. The van der Waals surface area contributed by atoms with Crippen LogP contribution in [0.2, 0.25) is 0 Å². The molecule has 0 aliphatic heterocycles. The number of nitrogens with zero attached hydrogens (tertiary/aromatic N) is 3. The van der Waals surface area contributed by atoms with E-state index in [2.05, 4.69) is 35.3 Å². The zero-order chi connectivity index (χ0) is 13.9. The van der Waals surface area contributed by atoms with Crippen molar-refractivity contribution in [2.75, 3.05) is 11.9 Å². The van der Waals surface area contributed by atoms with Gasteiger partial charge in [-0.2, -0.15) is 4.98 Å². The molecule has 0 aromatic carbocycles. The van der Waals surface area contributed by atoms with Crippen LogP contribution in [0.5, 0.6) is 0 Å². The number of fused-ring (bicyclic) bond motifs is 1. The number of aryl methyl sites for hydroxylation is 1. The van der Waals surface area contributed by atoms with Gasteiger partial charge >= 0.3 is 0 Å². The van der Waals surface area contributed by atoms with Gasteiger partial charge in [0.1, 0.15) is 0 Å². The highest BCUT2D eigenvalue weighted by Crippen LogP contribution is 2.30. The number of anilines is 1. The van der Waals surface area contributed by atoms with Crippen molar-refractivity contribution in [3.8, 4) is 0 Å². The van der Waals surface area contributed by atoms with E-state index in [1.54, 1.807) is 0 Å². The van der Waals surface area contributed by atoms with E-state index >= 15 is 0 Å². The Balaban J connectivity index is 1.59. The van der Waals surface area contributed by atoms with Gasteiger partial charge in [-0.1, -0.05) is 32.3 Å². The van der Waals surface area contributed by atoms with E-state index in [0.29, 0.717) is 0 Å². The van der Waals surface area contributed by atoms with Crippen molar-refractivity contribution >= 4 is 11.6 Å². The molecule has 2 heterocycles. The van der Waals surface area contributed by atoms with Gasteiger partial charge in [0.25, 0.3) is 0 Å². The Morgan fingerprint density at radius 2 is 2.00 bits per heavy atom. The summed E-state index contributed by atoms with van der Waals surface area (Å²) in [6.07, 6.45) is 8.76. The van der Waals surface area contributed by atoms with Gasteiger partial charge in [-0.25, -0.2) is 4.52 Å². The van der Waals surface area contributed by atoms with Crippen LogP contribution in [0.15, 0.2) is 18.3 Å². The molecule has 1 fully saturated rings. The fourth-order valence-corrected chi connectivity index (χ4v) is 3.19. The Hall–Kier alpha value is -1.58. The highest BCUT2D eigenvalue weighted by Gasteiger charge is 2.20. The standard InChI is InChI=1S/C16H24N4/c1-3-13-6-8-14(9-7-13)11-17-16-18-15-12(2)5-4-10-20(15)19-16/h4-5,10,13-14H,3,6-9,11H2,1-2H3,(H,17,19). The van der Waals surface area contributed by atoms with E-state index in [4.69, 9.17) is 0 Å². The summed E-state index contributed by atoms with van der Waals surface area (Å²) in [5.74, 6) is 2.50. The molecule has 0 bridgehead atoms. The average Bonchev–Trinajstić information content (AvgIpc) is 2.90. The zero-order valence-corrected chi connectivity index (χ0v) is 12.5. The number of pyridine rings is 1. The summed E-state index contributed by atoms with van der Waals surface area (Å²) in [6.45, 7) is 5.39. The largest absolute Gasteiger partial charge is 0.353 e. The second kappa shape index (κ2) is 5.81. The number of rotatable bonds is 4. The molecule has 2 aromatic heterocycles. The molecule has 4 heteroatoms. The van der Waals surface area contributed by atoms with E-state index in [0.717, 1.165) is 35.5 Å². The minimum atomic E-state index is 0.761. The summed E-state index contributed by atoms with van der Waals surface area (Å²) in [5.41, 5.74) is 2.11. The fraction of sp³-hybridized carbons (Fsp3) is 0.625. The van der Waals surface area contributed by atoms with Crippen LogP contribution < -0.4 is 5.32 Å². The van der Waals surface area contributed by atoms with Gasteiger partial charge in [0.15, 0.2) is 5.65 Å². The van der Waals surface area contributed by atoms with Crippen molar-refractivity contribution in [2.24, 2.45) is 11.8 Å². The summed E-state index contributed by atoms with van der Waals surface area (Å²) in [6, 6.07) is 4.08. The Kier molecular flexibility index (Phi) is 3.90. The second-order valence-electron chi connectivity index (χ2n) is 6.07. The average molecular weight is 272 g/mol.